The summed E-state index contributed by atoms with van der Waals surface area (Å²) in [5.41, 5.74) is 5.53. The predicted octanol–water partition coefficient (Wildman–Crippen LogP) is 1.21. The first-order valence-corrected chi connectivity index (χ1v) is 4.80. The zero-order chi connectivity index (χ0) is 10.8. The molecule has 0 atom stereocenters. The Balaban J connectivity index is 3.29. The number of carbonyl (C=O) groups is 1. The minimum absolute atomic E-state index is 0.266. The van der Waals surface area contributed by atoms with Crippen LogP contribution in [0, 0.1) is 0 Å². The van der Waals surface area contributed by atoms with E-state index in [1.54, 1.807) is 13.0 Å². The molecule has 0 saturated heterocycles. The summed E-state index contributed by atoms with van der Waals surface area (Å²) in [6, 6.07) is 0. The first-order valence-electron chi connectivity index (χ1n) is 4.80. The molecule has 0 aromatic heterocycles. The van der Waals surface area contributed by atoms with Gasteiger partial charge in [-0.25, -0.2) is 0 Å². The zero-order valence-corrected chi connectivity index (χ0v) is 8.91. The molecule has 0 radical (unpaired) electrons. The van der Waals surface area contributed by atoms with Crippen molar-refractivity contribution in [3.05, 3.63) is 11.6 Å². The van der Waals surface area contributed by atoms with E-state index in [-0.39, 0.29) is 6.79 Å². The molecule has 4 heteroatoms. The molecule has 2 N–H and O–H groups in total. The fourth-order valence-electron chi connectivity index (χ4n) is 0.697. The van der Waals surface area contributed by atoms with Crippen LogP contribution >= 0.6 is 0 Å². The number of amides is 1. The first-order chi connectivity index (χ1) is 6.68. The summed E-state index contributed by atoms with van der Waals surface area (Å²) < 4.78 is 10.2. The minimum Gasteiger partial charge on any atom is -0.366 e. The second kappa shape index (κ2) is 8.72. The van der Waals surface area contributed by atoms with E-state index in [9.17, 15) is 4.79 Å². The molecule has 0 unspecified atom stereocenters. The van der Waals surface area contributed by atoms with Crippen molar-refractivity contribution in [2.75, 3.05) is 20.0 Å². The molecule has 0 aliphatic heterocycles. The molecule has 1 amide bonds. The maximum Gasteiger partial charge on any atom is 0.244 e. The average Bonchev–Trinajstić information content (AvgIpc) is 2.16. The SMILES string of the molecule is CCCCOCOCC=C(C)C(N)=O. The van der Waals surface area contributed by atoms with Crippen LogP contribution in [0.2, 0.25) is 0 Å². The maximum absolute atomic E-state index is 10.6. The summed E-state index contributed by atoms with van der Waals surface area (Å²) in [4.78, 5) is 10.6. The predicted molar refractivity (Wildman–Crippen MR) is 54.6 cm³/mol. The summed E-state index contributed by atoms with van der Waals surface area (Å²) in [6.45, 7) is 5.10. The van der Waals surface area contributed by atoms with Gasteiger partial charge in [-0.2, -0.15) is 0 Å². The highest BCUT2D eigenvalue weighted by Gasteiger charge is 1.95. The van der Waals surface area contributed by atoms with E-state index in [0.717, 1.165) is 19.4 Å². The van der Waals surface area contributed by atoms with Gasteiger partial charge in [0, 0.05) is 12.2 Å². The van der Waals surface area contributed by atoms with E-state index < -0.39 is 5.91 Å². The highest BCUT2D eigenvalue weighted by molar-refractivity contribution is 5.91. The Morgan fingerprint density at radius 1 is 1.43 bits per heavy atom. The van der Waals surface area contributed by atoms with E-state index in [2.05, 4.69) is 6.92 Å². The van der Waals surface area contributed by atoms with E-state index in [1.807, 2.05) is 0 Å². The van der Waals surface area contributed by atoms with Crippen molar-refractivity contribution in [2.24, 2.45) is 5.73 Å². The number of carbonyl (C=O) groups excluding carboxylic acids is 1. The number of hydrogen-bond acceptors (Lipinski definition) is 3. The highest BCUT2D eigenvalue weighted by atomic mass is 16.7. The Hall–Kier alpha value is -0.870. The lowest BCUT2D eigenvalue weighted by Crippen LogP contribution is -2.12. The Morgan fingerprint density at radius 3 is 2.71 bits per heavy atom. The summed E-state index contributed by atoms with van der Waals surface area (Å²) >= 11 is 0. The van der Waals surface area contributed by atoms with E-state index >= 15 is 0 Å². The zero-order valence-electron chi connectivity index (χ0n) is 8.91. The average molecular weight is 201 g/mol. The number of rotatable bonds is 8. The molecular formula is C10H19NO3. The number of primary amides is 1. The lowest BCUT2D eigenvalue weighted by molar-refractivity contribution is -0.114. The Morgan fingerprint density at radius 2 is 2.14 bits per heavy atom. The molecule has 0 aliphatic carbocycles. The Kier molecular flexibility index (Phi) is 8.17. The molecule has 0 saturated carbocycles. The van der Waals surface area contributed by atoms with Crippen LogP contribution in [0.25, 0.3) is 0 Å². The van der Waals surface area contributed by atoms with Crippen LogP contribution in [0.15, 0.2) is 11.6 Å². The smallest absolute Gasteiger partial charge is 0.244 e. The van der Waals surface area contributed by atoms with Gasteiger partial charge in [-0.15, -0.1) is 0 Å². The van der Waals surface area contributed by atoms with Gasteiger partial charge in [0.15, 0.2) is 0 Å². The van der Waals surface area contributed by atoms with Gasteiger partial charge in [-0.3, -0.25) is 4.79 Å². The topological polar surface area (TPSA) is 61.6 Å². The molecule has 14 heavy (non-hydrogen) atoms. The lowest BCUT2D eigenvalue weighted by Gasteiger charge is -2.02. The van der Waals surface area contributed by atoms with Crippen molar-refractivity contribution in [2.45, 2.75) is 26.7 Å². The monoisotopic (exact) mass is 201 g/mol. The molecule has 0 spiro atoms. The third-order valence-electron chi connectivity index (χ3n) is 1.70. The summed E-state index contributed by atoms with van der Waals surface area (Å²) in [5.74, 6) is -0.416. The summed E-state index contributed by atoms with van der Waals surface area (Å²) in [7, 11) is 0. The van der Waals surface area contributed by atoms with Crippen molar-refractivity contribution >= 4 is 5.91 Å². The van der Waals surface area contributed by atoms with Gasteiger partial charge in [0.2, 0.25) is 5.91 Å². The molecule has 0 bridgehead atoms. The van der Waals surface area contributed by atoms with Crippen LogP contribution in [-0.2, 0) is 14.3 Å². The third-order valence-corrected chi connectivity index (χ3v) is 1.70. The number of hydrogen-bond donors (Lipinski definition) is 1. The molecule has 0 fully saturated rings. The van der Waals surface area contributed by atoms with Crippen molar-refractivity contribution < 1.29 is 14.3 Å². The fourth-order valence-corrected chi connectivity index (χ4v) is 0.697. The molecular weight excluding hydrogens is 182 g/mol. The van der Waals surface area contributed by atoms with Crippen molar-refractivity contribution in [1.29, 1.82) is 0 Å². The van der Waals surface area contributed by atoms with Crippen LogP contribution in [0.1, 0.15) is 26.7 Å². The normalized spacial score (nSPS) is 11.7. The molecule has 82 valence electrons. The first kappa shape index (κ1) is 13.1. The van der Waals surface area contributed by atoms with Crippen LogP contribution in [0.5, 0.6) is 0 Å². The van der Waals surface area contributed by atoms with E-state index in [0.29, 0.717) is 12.2 Å². The highest BCUT2D eigenvalue weighted by Crippen LogP contribution is 1.91. The second-order valence-corrected chi connectivity index (χ2v) is 3.00. The summed E-state index contributed by atoms with van der Waals surface area (Å²) in [6.07, 6.45) is 3.80. The van der Waals surface area contributed by atoms with Crippen molar-refractivity contribution in [3.8, 4) is 0 Å². The Bertz CT molecular complexity index is 190. The van der Waals surface area contributed by atoms with Gasteiger partial charge in [0.05, 0.1) is 6.61 Å². The van der Waals surface area contributed by atoms with Gasteiger partial charge < -0.3 is 15.2 Å². The van der Waals surface area contributed by atoms with Gasteiger partial charge in [0.1, 0.15) is 6.79 Å². The molecule has 0 aliphatic rings. The quantitative estimate of drug-likeness (QED) is 0.365. The van der Waals surface area contributed by atoms with Gasteiger partial charge in [-0.05, 0) is 13.3 Å². The standard InChI is InChI=1S/C10H19NO3/c1-3-4-6-13-8-14-7-5-9(2)10(11)12/h5H,3-4,6-8H2,1-2H3,(H2,11,12). The molecule has 0 rings (SSSR count). The molecule has 0 heterocycles. The Labute approximate surface area is 85.1 Å². The minimum atomic E-state index is -0.416. The number of unbranched alkanes of at least 4 members (excludes halogenated alkanes) is 1. The number of ether oxygens (including phenoxy) is 2. The summed E-state index contributed by atoms with van der Waals surface area (Å²) in [5, 5.41) is 0. The molecule has 0 aromatic rings. The molecule has 4 nitrogen and oxygen atoms in total. The van der Waals surface area contributed by atoms with Crippen molar-refractivity contribution in [1.82, 2.24) is 0 Å². The number of nitrogens with two attached hydrogens (primary N) is 1. The van der Waals surface area contributed by atoms with Crippen molar-refractivity contribution in [3.63, 3.8) is 0 Å². The maximum atomic E-state index is 10.6. The van der Waals surface area contributed by atoms with Crippen LogP contribution in [0.4, 0.5) is 0 Å². The van der Waals surface area contributed by atoms with Crippen LogP contribution in [0.3, 0.4) is 0 Å². The van der Waals surface area contributed by atoms with Gasteiger partial charge in [-0.1, -0.05) is 19.4 Å². The van der Waals surface area contributed by atoms with Gasteiger partial charge >= 0.3 is 0 Å². The third kappa shape index (κ3) is 7.76. The van der Waals surface area contributed by atoms with Crippen LogP contribution < -0.4 is 5.73 Å². The van der Waals surface area contributed by atoms with E-state index in [1.165, 1.54) is 0 Å². The molecule has 0 aromatic carbocycles. The van der Waals surface area contributed by atoms with Crippen LogP contribution in [-0.4, -0.2) is 25.9 Å². The fraction of sp³-hybridized carbons (Fsp3) is 0.700. The second-order valence-electron chi connectivity index (χ2n) is 3.00. The largest absolute Gasteiger partial charge is 0.366 e. The lowest BCUT2D eigenvalue weighted by atomic mass is 10.3. The van der Waals surface area contributed by atoms with Gasteiger partial charge in [0.25, 0.3) is 0 Å². The van der Waals surface area contributed by atoms with E-state index in [4.69, 9.17) is 15.2 Å².